The van der Waals surface area contributed by atoms with Crippen LogP contribution >= 0.6 is 22.6 Å². The number of ether oxygens (including phenoxy) is 1. The number of aliphatic hydroxyl groups is 1. The minimum atomic E-state index is -0.456. The lowest BCUT2D eigenvalue weighted by atomic mass is 10.1. The number of aliphatic hydroxyl groups excluding tert-OH is 1. The zero-order chi connectivity index (χ0) is 9.84. The van der Waals surface area contributed by atoms with Gasteiger partial charge in [-0.2, -0.15) is 0 Å². The van der Waals surface area contributed by atoms with Crippen LogP contribution in [0.1, 0.15) is 10.4 Å². The van der Waals surface area contributed by atoms with Gasteiger partial charge in [0.05, 0.1) is 10.7 Å². The normalized spacial score (nSPS) is 9.77. The van der Waals surface area contributed by atoms with Gasteiger partial charge in [-0.1, -0.05) is 0 Å². The van der Waals surface area contributed by atoms with Crippen LogP contribution in [0, 0.1) is 3.57 Å². The first-order valence-electron chi connectivity index (χ1n) is 3.66. The van der Waals surface area contributed by atoms with Gasteiger partial charge in [0.1, 0.15) is 12.4 Å². The molecule has 3 nitrogen and oxygen atoms in total. The summed E-state index contributed by atoms with van der Waals surface area (Å²) in [6, 6.07) is 5.04. The van der Waals surface area contributed by atoms with Crippen LogP contribution in [-0.2, 0) is 0 Å². The van der Waals surface area contributed by atoms with Gasteiger partial charge in [0.15, 0.2) is 5.78 Å². The molecule has 1 aromatic carbocycles. The van der Waals surface area contributed by atoms with Gasteiger partial charge < -0.3 is 9.84 Å². The monoisotopic (exact) mass is 292 g/mol. The second-order valence-corrected chi connectivity index (χ2v) is 3.59. The lowest BCUT2D eigenvalue weighted by Crippen LogP contribution is -2.04. The van der Waals surface area contributed by atoms with Crippen molar-refractivity contribution in [2.75, 3.05) is 13.7 Å². The Kier molecular flexibility index (Phi) is 3.68. The third kappa shape index (κ3) is 2.41. The summed E-state index contributed by atoms with van der Waals surface area (Å²) in [4.78, 5) is 11.1. The molecule has 0 aliphatic heterocycles. The predicted octanol–water partition coefficient (Wildman–Crippen LogP) is 1.47. The zero-order valence-corrected chi connectivity index (χ0v) is 9.24. The standard InChI is InChI=1S/C9H9IO3/c1-13-9-3-2-6(4-7(9)10)8(12)5-11/h2-4,11H,5H2,1H3. The van der Waals surface area contributed by atoms with Crippen molar-refractivity contribution in [1.82, 2.24) is 0 Å². The van der Waals surface area contributed by atoms with Crippen molar-refractivity contribution >= 4 is 28.4 Å². The number of halogens is 1. The van der Waals surface area contributed by atoms with E-state index in [9.17, 15) is 4.79 Å². The maximum atomic E-state index is 11.1. The Labute approximate surface area is 89.9 Å². The molecule has 0 heterocycles. The van der Waals surface area contributed by atoms with Crippen molar-refractivity contribution in [2.24, 2.45) is 0 Å². The summed E-state index contributed by atoms with van der Waals surface area (Å²) < 4.78 is 5.89. The summed E-state index contributed by atoms with van der Waals surface area (Å²) in [7, 11) is 1.57. The fourth-order valence-electron chi connectivity index (χ4n) is 0.931. The molecule has 4 heteroatoms. The molecular formula is C9H9IO3. The van der Waals surface area contributed by atoms with Crippen molar-refractivity contribution in [1.29, 1.82) is 0 Å². The van der Waals surface area contributed by atoms with Gasteiger partial charge in [-0.3, -0.25) is 4.79 Å². The van der Waals surface area contributed by atoms with Crippen LogP contribution in [0.15, 0.2) is 18.2 Å². The zero-order valence-electron chi connectivity index (χ0n) is 7.08. The molecule has 1 aromatic rings. The SMILES string of the molecule is COc1ccc(C(=O)CO)cc1I. The second kappa shape index (κ2) is 4.57. The van der Waals surface area contributed by atoms with Gasteiger partial charge in [-0.15, -0.1) is 0 Å². The summed E-state index contributed by atoms with van der Waals surface area (Å²) in [5, 5.41) is 8.62. The number of ketones is 1. The molecule has 0 saturated heterocycles. The van der Waals surface area contributed by atoms with Crippen LogP contribution < -0.4 is 4.74 Å². The Hall–Kier alpha value is -0.620. The Morgan fingerprint density at radius 1 is 1.62 bits per heavy atom. The predicted molar refractivity (Wildman–Crippen MR) is 57.1 cm³/mol. The van der Waals surface area contributed by atoms with Gasteiger partial charge in [0, 0.05) is 5.56 Å². The first kappa shape index (κ1) is 10.5. The second-order valence-electron chi connectivity index (χ2n) is 2.43. The number of benzene rings is 1. The highest BCUT2D eigenvalue weighted by Crippen LogP contribution is 2.21. The Balaban J connectivity index is 3.02. The Morgan fingerprint density at radius 3 is 2.77 bits per heavy atom. The van der Waals surface area contributed by atoms with E-state index in [-0.39, 0.29) is 5.78 Å². The van der Waals surface area contributed by atoms with Crippen LogP contribution in [0.4, 0.5) is 0 Å². The minimum absolute atomic E-state index is 0.277. The number of hydrogen-bond donors (Lipinski definition) is 1. The van der Waals surface area contributed by atoms with E-state index in [1.807, 2.05) is 0 Å². The fourth-order valence-corrected chi connectivity index (χ4v) is 1.67. The Bertz CT molecular complexity index is 323. The molecule has 0 aromatic heterocycles. The van der Waals surface area contributed by atoms with Crippen LogP contribution in [0.5, 0.6) is 5.75 Å². The molecule has 0 fully saturated rings. The Morgan fingerprint density at radius 2 is 2.31 bits per heavy atom. The molecule has 0 unspecified atom stereocenters. The summed E-state index contributed by atoms with van der Waals surface area (Å²) in [6.07, 6.45) is 0. The smallest absolute Gasteiger partial charge is 0.188 e. The topological polar surface area (TPSA) is 46.5 Å². The molecule has 0 bridgehead atoms. The van der Waals surface area contributed by atoms with Crippen molar-refractivity contribution in [3.05, 3.63) is 27.3 Å². The molecule has 70 valence electrons. The van der Waals surface area contributed by atoms with E-state index in [1.54, 1.807) is 25.3 Å². The fraction of sp³-hybridized carbons (Fsp3) is 0.222. The molecule has 1 N–H and O–H groups in total. The highest BCUT2D eigenvalue weighted by atomic mass is 127. The molecular weight excluding hydrogens is 283 g/mol. The van der Waals surface area contributed by atoms with Crippen LogP contribution in [0.3, 0.4) is 0 Å². The number of carbonyl (C=O) groups is 1. The number of rotatable bonds is 3. The van der Waals surface area contributed by atoms with E-state index in [0.29, 0.717) is 5.56 Å². The molecule has 0 radical (unpaired) electrons. The van der Waals surface area contributed by atoms with Gasteiger partial charge in [-0.25, -0.2) is 0 Å². The van der Waals surface area contributed by atoms with E-state index >= 15 is 0 Å². The van der Waals surface area contributed by atoms with Gasteiger partial charge >= 0.3 is 0 Å². The largest absolute Gasteiger partial charge is 0.496 e. The lowest BCUT2D eigenvalue weighted by Gasteiger charge is -2.04. The summed E-state index contributed by atoms with van der Waals surface area (Å²) in [5.41, 5.74) is 0.507. The van der Waals surface area contributed by atoms with Crippen LogP contribution in [0.2, 0.25) is 0 Å². The molecule has 0 spiro atoms. The highest BCUT2D eigenvalue weighted by Gasteiger charge is 2.06. The molecule has 0 atom stereocenters. The number of carbonyl (C=O) groups excluding carboxylic acids is 1. The van der Waals surface area contributed by atoms with E-state index in [0.717, 1.165) is 9.32 Å². The molecule has 1 rings (SSSR count). The average Bonchev–Trinajstić information content (AvgIpc) is 2.16. The van der Waals surface area contributed by atoms with Crippen LogP contribution in [0.25, 0.3) is 0 Å². The maximum absolute atomic E-state index is 11.1. The van der Waals surface area contributed by atoms with E-state index < -0.39 is 6.61 Å². The number of methoxy groups -OCH3 is 1. The quantitative estimate of drug-likeness (QED) is 0.678. The number of hydrogen-bond acceptors (Lipinski definition) is 3. The van der Waals surface area contributed by atoms with Crippen molar-refractivity contribution in [3.8, 4) is 5.75 Å². The third-order valence-corrected chi connectivity index (χ3v) is 2.46. The van der Waals surface area contributed by atoms with Crippen molar-refractivity contribution in [3.63, 3.8) is 0 Å². The van der Waals surface area contributed by atoms with E-state index in [4.69, 9.17) is 9.84 Å². The summed E-state index contributed by atoms with van der Waals surface area (Å²) >= 11 is 2.08. The maximum Gasteiger partial charge on any atom is 0.188 e. The molecule has 0 aliphatic rings. The van der Waals surface area contributed by atoms with E-state index in [1.165, 1.54) is 0 Å². The highest BCUT2D eigenvalue weighted by molar-refractivity contribution is 14.1. The first-order valence-corrected chi connectivity index (χ1v) is 4.74. The van der Waals surface area contributed by atoms with Gasteiger partial charge in [0.2, 0.25) is 0 Å². The average molecular weight is 292 g/mol. The van der Waals surface area contributed by atoms with Crippen molar-refractivity contribution in [2.45, 2.75) is 0 Å². The van der Waals surface area contributed by atoms with Gasteiger partial charge in [-0.05, 0) is 40.8 Å². The summed E-state index contributed by atoms with van der Waals surface area (Å²) in [5.74, 6) is 0.454. The molecule has 0 amide bonds. The minimum Gasteiger partial charge on any atom is -0.496 e. The molecule has 0 saturated carbocycles. The van der Waals surface area contributed by atoms with Gasteiger partial charge in [0.25, 0.3) is 0 Å². The van der Waals surface area contributed by atoms with E-state index in [2.05, 4.69) is 22.6 Å². The third-order valence-electron chi connectivity index (χ3n) is 1.62. The van der Waals surface area contributed by atoms with Crippen LogP contribution in [-0.4, -0.2) is 24.6 Å². The summed E-state index contributed by atoms with van der Waals surface area (Å²) in [6.45, 7) is -0.456. The van der Waals surface area contributed by atoms with Crippen molar-refractivity contribution < 1.29 is 14.6 Å². The molecule has 0 aliphatic carbocycles. The lowest BCUT2D eigenvalue weighted by molar-refractivity contribution is 0.0903. The molecule has 13 heavy (non-hydrogen) atoms. The first-order chi connectivity index (χ1) is 6.19. The number of Topliss-reactive ketones (excluding diaryl/α,β-unsaturated/α-hetero) is 1.